The molecule has 6 heteroatoms. The lowest BCUT2D eigenvalue weighted by Crippen LogP contribution is -2.39. The van der Waals surface area contributed by atoms with E-state index in [4.69, 9.17) is 11.6 Å². The number of hydrogen-bond donors (Lipinski definition) is 1. The summed E-state index contributed by atoms with van der Waals surface area (Å²) in [5, 5.41) is 13.3. The Balaban J connectivity index is 2.63. The average molecular weight is 218 g/mol. The van der Waals surface area contributed by atoms with E-state index < -0.39 is 4.92 Å². The quantitative estimate of drug-likeness (QED) is 0.568. The van der Waals surface area contributed by atoms with Crippen molar-refractivity contribution in [1.82, 2.24) is 10.2 Å². The van der Waals surface area contributed by atoms with E-state index in [1.54, 1.807) is 6.08 Å². The second-order valence-electron chi connectivity index (χ2n) is 2.89. The molecule has 0 saturated carbocycles. The largest absolute Gasteiger partial charge is 0.367 e. The molecule has 1 aliphatic heterocycles. The number of nitro groups is 1. The first-order chi connectivity index (χ1) is 6.74. The van der Waals surface area contributed by atoms with E-state index >= 15 is 0 Å². The fourth-order valence-corrected chi connectivity index (χ4v) is 1.38. The van der Waals surface area contributed by atoms with Crippen molar-refractivity contribution in [1.29, 1.82) is 0 Å². The maximum absolute atomic E-state index is 10.3. The van der Waals surface area contributed by atoms with E-state index in [1.807, 2.05) is 4.90 Å². The van der Waals surface area contributed by atoms with Gasteiger partial charge in [0.2, 0.25) is 0 Å². The van der Waals surface area contributed by atoms with Crippen LogP contribution >= 0.6 is 11.6 Å². The summed E-state index contributed by atoms with van der Waals surface area (Å²) in [5.74, 6) is 0.552. The van der Waals surface area contributed by atoms with Gasteiger partial charge in [-0.1, -0.05) is 17.7 Å². The Hall–Kier alpha value is -1.23. The van der Waals surface area contributed by atoms with Gasteiger partial charge in [-0.2, -0.15) is 0 Å². The van der Waals surface area contributed by atoms with Crippen molar-refractivity contribution in [3.8, 4) is 0 Å². The summed E-state index contributed by atoms with van der Waals surface area (Å²) in [5.41, 5.74) is 1.42. The summed E-state index contributed by atoms with van der Waals surface area (Å²) in [4.78, 5) is 11.7. The standard InChI is InChI=1S/C8H12ClN3O2/c9-3-1-5-11-6-2-4-10-8(11)7-12(13)14/h1,3,7,10H,2,4-6H2/b3-1-,8-7?. The van der Waals surface area contributed by atoms with Gasteiger partial charge in [-0.25, -0.2) is 0 Å². The van der Waals surface area contributed by atoms with Crippen LogP contribution in [-0.2, 0) is 0 Å². The van der Waals surface area contributed by atoms with Crippen LogP contribution in [0.5, 0.6) is 0 Å². The molecule has 0 radical (unpaired) electrons. The average Bonchev–Trinajstić information content (AvgIpc) is 2.16. The van der Waals surface area contributed by atoms with Crippen molar-refractivity contribution in [3.63, 3.8) is 0 Å². The molecule has 5 nitrogen and oxygen atoms in total. The molecule has 0 atom stereocenters. The summed E-state index contributed by atoms with van der Waals surface area (Å²) in [6.45, 7) is 2.19. The molecule has 0 aliphatic carbocycles. The molecule has 1 aliphatic rings. The normalized spacial score (nSPS) is 20.1. The van der Waals surface area contributed by atoms with Crippen molar-refractivity contribution < 1.29 is 4.92 Å². The first kappa shape index (κ1) is 10.8. The van der Waals surface area contributed by atoms with Gasteiger partial charge in [0.15, 0.2) is 5.82 Å². The molecular formula is C8H12ClN3O2. The highest BCUT2D eigenvalue weighted by atomic mass is 35.5. The highest BCUT2D eigenvalue weighted by Crippen LogP contribution is 2.07. The SMILES string of the molecule is O=[N+]([O-])C=C1NCCCN1C/C=C\Cl. The van der Waals surface area contributed by atoms with Gasteiger partial charge in [-0.3, -0.25) is 10.1 Å². The monoisotopic (exact) mass is 217 g/mol. The molecule has 0 bridgehead atoms. The van der Waals surface area contributed by atoms with Gasteiger partial charge in [0, 0.05) is 25.2 Å². The Labute approximate surface area is 87.2 Å². The highest BCUT2D eigenvalue weighted by molar-refractivity contribution is 6.25. The number of nitrogens with one attached hydrogen (secondary N) is 1. The van der Waals surface area contributed by atoms with Gasteiger partial charge in [0.05, 0.1) is 4.92 Å². The molecule has 1 saturated heterocycles. The minimum atomic E-state index is -0.453. The van der Waals surface area contributed by atoms with E-state index in [2.05, 4.69) is 5.32 Å². The smallest absolute Gasteiger partial charge is 0.274 e. The second-order valence-corrected chi connectivity index (χ2v) is 3.14. The van der Waals surface area contributed by atoms with Crippen LogP contribution in [0.1, 0.15) is 6.42 Å². The molecule has 1 rings (SSSR count). The molecule has 0 aromatic rings. The van der Waals surface area contributed by atoms with E-state index in [-0.39, 0.29) is 0 Å². The van der Waals surface area contributed by atoms with E-state index in [0.29, 0.717) is 12.4 Å². The van der Waals surface area contributed by atoms with Crippen molar-refractivity contribution in [3.05, 3.63) is 33.7 Å². The summed E-state index contributed by atoms with van der Waals surface area (Å²) in [6.07, 6.45) is 3.72. The lowest BCUT2D eigenvalue weighted by Gasteiger charge is -2.29. The molecule has 0 unspecified atom stereocenters. The molecule has 1 N–H and O–H groups in total. The predicted molar refractivity (Wildman–Crippen MR) is 54.3 cm³/mol. The maximum atomic E-state index is 10.3. The van der Waals surface area contributed by atoms with Crippen LogP contribution in [-0.4, -0.2) is 29.5 Å². The van der Waals surface area contributed by atoms with Crippen molar-refractivity contribution in [2.75, 3.05) is 19.6 Å². The van der Waals surface area contributed by atoms with Crippen molar-refractivity contribution in [2.45, 2.75) is 6.42 Å². The molecule has 1 fully saturated rings. The van der Waals surface area contributed by atoms with Gasteiger partial charge < -0.3 is 10.2 Å². The molecule has 0 spiro atoms. The molecule has 14 heavy (non-hydrogen) atoms. The molecule has 1 heterocycles. The number of rotatable bonds is 3. The summed E-state index contributed by atoms with van der Waals surface area (Å²) in [6, 6.07) is 0. The van der Waals surface area contributed by atoms with E-state index in [9.17, 15) is 10.1 Å². The van der Waals surface area contributed by atoms with Gasteiger partial charge in [-0.05, 0) is 6.42 Å². The fraction of sp³-hybridized carbons (Fsp3) is 0.500. The summed E-state index contributed by atoms with van der Waals surface area (Å²) >= 11 is 5.39. The summed E-state index contributed by atoms with van der Waals surface area (Å²) < 4.78 is 0. The lowest BCUT2D eigenvalue weighted by molar-refractivity contribution is -0.404. The minimum absolute atomic E-state index is 0.453. The molecule has 0 amide bonds. The van der Waals surface area contributed by atoms with Gasteiger partial charge >= 0.3 is 0 Å². The zero-order chi connectivity index (χ0) is 10.4. The van der Waals surface area contributed by atoms with Crippen LogP contribution in [0, 0.1) is 10.1 Å². The first-order valence-corrected chi connectivity index (χ1v) is 4.77. The minimum Gasteiger partial charge on any atom is -0.367 e. The van der Waals surface area contributed by atoms with Crippen LogP contribution in [0.3, 0.4) is 0 Å². The Morgan fingerprint density at radius 1 is 1.71 bits per heavy atom. The zero-order valence-electron chi connectivity index (χ0n) is 7.65. The van der Waals surface area contributed by atoms with E-state index in [1.165, 1.54) is 5.54 Å². The Kier molecular flexibility index (Phi) is 4.25. The van der Waals surface area contributed by atoms with Crippen LogP contribution in [0.4, 0.5) is 0 Å². The van der Waals surface area contributed by atoms with Gasteiger partial charge in [-0.15, -0.1) is 0 Å². The summed E-state index contributed by atoms with van der Waals surface area (Å²) in [7, 11) is 0. The Morgan fingerprint density at radius 3 is 3.14 bits per heavy atom. The number of nitrogens with zero attached hydrogens (tertiary/aromatic N) is 2. The van der Waals surface area contributed by atoms with E-state index in [0.717, 1.165) is 25.7 Å². The van der Waals surface area contributed by atoms with Gasteiger partial charge in [0.25, 0.3) is 6.20 Å². The molecular weight excluding hydrogens is 206 g/mol. The van der Waals surface area contributed by atoms with Crippen molar-refractivity contribution in [2.24, 2.45) is 0 Å². The van der Waals surface area contributed by atoms with Crippen LogP contribution in [0.2, 0.25) is 0 Å². The molecule has 78 valence electrons. The Morgan fingerprint density at radius 2 is 2.50 bits per heavy atom. The van der Waals surface area contributed by atoms with Gasteiger partial charge in [0.1, 0.15) is 0 Å². The number of hydrogen-bond acceptors (Lipinski definition) is 4. The third-order valence-electron chi connectivity index (χ3n) is 1.89. The van der Waals surface area contributed by atoms with Crippen molar-refractivity contribution >= 4 is 11.6 Å². The van der Waals surface area contributed by atoms with Crippen LogP contribution < -0.4 is 5.32 Å². The Bertz CT molecular complexity index is 265. The number of halogens is 1. The first-order valence-electron chi connectivity index (χ1n) is 4.33. The van der Waals surface area contributed by atoms with Crippen LogP contribution in [0.15, 0.2) is 23.6 Å². The fourth-order valence-electron chi connectivity index (χ4n) is 1.30. The third-order valence-corrected chi connectivity index (χ3v) is 2.07. The second kappa shape index (κ2) is 5.49. The third kappa shape index (κ3) is 3.26. The molecule has 0 aromatic heterocycles. The lowest BCUT2D eigenvalue weighted by atomic mass is 10.3. The maximum Gasteiger partial charge on any atom is 0.274 e. The van der Waals surface area contributed by atoms with Crippen LogP contribution in [0.25, 0.3) is 0 Å². The topological polar surface area (TPSA) is 58.4 Å². The zero-order valence-corrected chi connectivity index (χ0v) is 8.41. The highest BCUT2D eigenvalue weighted by Gasteiger charge is 2.15. The predicted octanol–water partition coefficient (Wildman–Crippen LogP) is 1.11. The molecule has 0 aromatic carbocycles.